The van der Waals surface area contributed by atoms with E-state index in [-0.39, 0.29) is 23.2 Å². The monoisotopic (exact) mass is 300 g/mol. The summed E-state index contributed by atoms with van der Waals surface area (Å²) in [7, 11) is 0. The average Bonchev–Trinajstić information content (AvgIpc) is 2.90. The van der Waals surface area contributed by atoms with Gasteiger partial charge in [-0.1, -0.05) is 30.8 Å². The number of benzene rings is 1. The highest BCUT2D eigenvalue weighted by atomic mass is 16.7. The van der Waals surface area contributed by atoms with Crippen LogP contribution in [0.4, 0.5) is 0 Å². The fraction of sp³-hybridized carbons (Fsp3) is 0.500. The molecule has 1 aromatic rings. The molecule has 2 heterocycles. The van der Waals surface area contributed by atoms with E-state index in [0.717, 1.165) is 0 Å². The number of hydrogen-bond donors (Lipinski definition) is 0. The molecule has 118 valence electrons. The van der Waals surface area contributed by atoms with Crippen LogP contribution in [0, 0.1) is 0 Å². The summed E-state index contributed by atoms with van der Waals surface area (Å²) < 4.78 is 0. The van der Waals surface area contributed by atoms with E-state index in [9.17, 15) is 4.79 Å². The molecule has 2 aliphatic rings. The number of fused-ring (bicyclic) bond motifs is 1. The summed E-state index contributed by atoms with van der Waals surface area (Å²) in [6.07, 6.45) is 2.52. The standard InChI is InChI=1S/C18H24N2O2/c1-6-19-15(21)11-12-16(19)22-20-17(2,3)13-9-7-8-10-14(13)18(20,4)5/h6-10,16H,1,11-12H2,2-5H3. The van der Waals surface area contributed by atoms with Crippen LogP contribution in [-0.2, 0) is 20.7 Å². The first-order chi connectivity index (χ1) is 10.3. The summed E-state index contributed by atoms with van der Waals surface area (Å²) in [4.78, 5) is 19.8. The molecule has 0 radical (unpaired) electrons. The number of hydrogen-bond acceptors (Lipinski definition) is 3. The Morgan fingerprint density at radius 2 is 1.73 bits per heavy atom. The fourth-order valence-corrected chi connectivity index (χ4v) is 3.85. The lowest BCUT2D eigenvalue weighted by Gasteiger charge is -2.42. The number of nitrogens with zero attached hydrogens (tertiary/aromatic N) is 2. The van der Waals surface area contributed by atoms with Gasteiger partial charge >= 0.3 is 0 Å². The van der Waals surface area contributed by atoms with Crippen molar-refractivity contribution in [3.63, 3.8) is 0 Å². The third kappa shape index (κ3) is 2.02. The van der Waals surface area contributed by atoms with Crippen LogP contribution in [0.25, 0.3) is 0 Å². The first-order valence-corrected chi connectivity index (χ1v) is 7.81. The first kappa shape index (κ1) is 15.3. The molecule has 0 saturated carbocycles. The summed E-state index contributed by atoms with van der Waals surface area (Å²) in [5.74, 6) is 0.0762. The van der Waals surface area contributed by atoms with Gasteiger partial charge < -0.3 is 0 Å². The molecule has 1 fully saturated rings. The van der Waals surface area contributed by atoms with Gasteiger partial charge in [0.15, 0.2) is 6.23 Å². The van der Waals surface area contributed by atoms with Crippen molar-refractivity contribution < 1.29 is 9.63 Å². The van der Waals surface area contributed by atoms with Crippen molar-refractivity contribution in [2.24, 2.45) is 0 Å². The molecule has 0 N–H and O–H groups in total. The van der Waals surface area contributed by atoms with E-state index in [0.29, 0.717) is 12.8 Å². The third-order valence-corrected chi connectivity index (χ3v) is 4.89. The smallest absolute Gasteiger partial charge is 0.228 e. The lowest BCUT2D eigenvalue weighted by Crippen LogP contribution is -2.49. The fourth-order valence-electron chi connectivity index (χ4n) is 3.85. The lowest BCUT2D eigenvalue weighted by atomic mass is 9.91. The van der Waals surface area contributed by atoms with Gasteiger partial charge in [-0.2, -0.15) is 5.06 Å². The number of rotatable bonds is 3. The van der Waals surface area contributed by atoms with Gasteiger partial charge in [-0.15, -0.1) is 0 Å². The van der Waals surface area contributed by atoms with Crippen LogP contribution in [0.15, 0.2) is 37.0 Å². The molecule has 2 aliphatic heterocycles. The van der Waals surface area contributed by atoms with Gasteiger partial charge in [-0.3, -0.25) is 14.5 Å². The summed E-state index contributed by atoms with van der Waals surface area (Å²) in [5, 5.41) is 2.05. The SMILES string of the molecule is C=CN1C(=O)CCC1ON1C(C)(C)c2ccccc2C1(C)C. The van der Waals surface area contributed by atoms with Crippen molar-refractivity contribution in [1.29, 1.82) is 0 Å². The zero-order chi connectivity index (χ0) is 16.1. The second-order valence-corrected chi connectivity index (χ2v) is 7.04. The molecule has 3 rings (SSSR count). The van der Waals surface area contributed by atoms with Crippen LogP contribution in [0.2, 0.25) is 0 Å². The summed E-state index contributed by atoms with van der Waals surface area (Å²) >= 11 is 0. The molecule has 4 heteroatoms. The second-order valence-electron chi connectivity index (χ2n) is 7.04. The Balaban J connectivity index is 1.95. The molecule has 1 saturated heterocycles. The number of carbonyl (C=O) groups excluding carboxylic acids is 1. The van der Waals surface area contributed by atoms with Crippen molar-refractivity contribution in [2.75, 3.05) is 0 Å². The van der Waals surface area contributed by atoms with Crippen LogP contribution < -0.4 is 0 Å². The number of hydroxylamine groups is 2. The Labute approximate surface area is 132 Å². The van der Waals surface area contributed by atoms with Crippen molar-refractivity contribution in [2.45, 2.75) is 57.8 Å². The van der Waals surface area contributed by atoms with Gasteiger partial charge in [0, 0.05) is 19.0 Å². The predicted molar refractivity (Wildman–Crippen MR) is 85.5 cm³/mol. The Hall–Kier alpha value is -1.65. The van der Waals surface area contributed by atoms with E-state index in [1.807, 2.05) is 5.06 Å². The van der Waals surface area contributed by atoms with E-state index >= 15 is 0 Å². The van der Waals surface area contributed by atoms with Gasteiger partial charge in [0.25, 0.3) is 0 Å². The minimum absolute atomic E-state index is 0.0762. The molecule has 1 amide bonds. The second kappa shape index (κ2) is 4.93. The van der Waals surface area contributed by atoms with Gasteiger partial charge in [-0.05, 0) is 38.8 Å². The van der Waals surface area contributed by atoms with Gasteiger partial charge in [-0.25, -0.2) is 0 Å². The Morgan fingerprint density at radius 3 is 2.23 bits per heavy atom. The maximum atomic E-state index is 11.9. The largest absolute Gasteiger partial charge is 0.291 e. The van der Waals surface area contributed by atoms with Crippen LogP contribution in [0.1, 0.15) is 51.7 Å². The van der Waals surface area contributed by atoms with Gasteiger partial charge in [0.2, 0.25) is 5.91 Å². The zero-order valence-electron chi connectivity index (χ0n) is 13.8. The summed E-state index contributed by atoms with van der Waals surface area (Å²) in [6, 6.07) is 8.45. The summed E-state index contributed by atoms with van der Waals surface area (Å²) in [5.41, 5.74) is 2.04. The summed E-state index contributed by atoms with van der Waals surface area (Å²) in [6.45, 7) is 12.4. The molecule has 0 aromatic heterocycles. The highest BCUT2D eigenvalue weighted by Crippen LogP contribution is 2.50. The van der Waals surface area contributed by atoms with E-state index < -0.39 is 0 Å². The quantitative estimate of drug-likeness (QED) is 0.856. The van der Waals surface area contributed by atoms with Crippen molar-refractivity contribution in [1.82, 2.24) is 9.96 Å². The van der Waals surface area contributed by atoms with Crippen LogP contribution in [-0.4, -0.2) is 22.1 Å². The molecule has 4 nitrogen and oxygen atoms in total. The molecule has 1 aromatic carbocycles. The van der Waals surface area contributed by atoms with Gasteiger partial charge in [0.1, 0.15) is 0 Å². The van der Waals surface area contributed by atoms with Crippen molar-refractivity contribution >= 4 is 5.91 Å². The number of carbonyl (C=O) groups is 1. The number of likely N-dealkylation sites (tertiary alicyclic amines) is 1. The Morgan fingerprint density at radius 1 is 1.18 bits per heavy atom. The molecule has 1 unspecified atom stereocenters. The van der Waals surface area contributed by atoms with Crippen molar-refractivity contribution in [3.05, 3.63) is 48.2 Å². The lowest BCUT2D eigenvalue weighted by molar-refractivity contribution is -0.303. The van der Waals surface area contributed by atoms with E-state index in [1.54, 1.807) is 11.1 Å². The Kier molecular flexibility index (Phi) is 3.42. The molecule has 22 heavy (non-hydrogen) atoms. The van der Waals surface area contributed by atoms with Crippen LogP contribution in [0.5, 0.6) is 0 Å². The minimum Gasteiger partial charge on any atom is -0.291 e. The molecular weight excluding hydrogens is 276 g/mol. The van der Waals surface area contributed by atoms with Crippen LogP contribution in [0.3, 0.4) is 0 Å². The first-order valence-electron chi connectivity index (χ1n) is 7.81. The van der Waals surface area contributed by atoms with Gasteiger partial charge in [0.05, 0.1) is 11.1 Å². The normalized spacial score (nSPS) is 26.3. The minimum atomic E-state index is -0.266. The predicted octanol–water partition coefficient (Wildman–Crippen LogP) is 3.50. The zero-order valence-corrected chi connectivity index (χ0v) is 13.8. The van der Waals surface area contributed by atoms with E-state index in [2.05, 4.69) is 58.5 Å². The highest BCUT2D eigenvalue weighted by Gasteiger charge is 2.51. The average molecular weight is 300 g/mol. The highest BCUT2D eigenvalue weighted by molar-refractivity contribution is 5.79. The molecule has 1 atom stereocenters. The van der Waals surface area contributed by atoms with E-state index in [4.69, 9.17) is 4.84 Å². The van der Waals surface area contributed by atoms with E-state index in [1.165, 1.54) is 11.1 Å². The molecular formula is C18H24N2O2. The van der Waals surface area contributed by atoms with Crippen LogP contribution >= 0.6 is 0 Å². The van der Waals surface area contributed by atoms with Crippen molar-refractivity contribution in [3.8, 4) is 0 Å². The maximum absolute atomic E-state index is 11.9. The Bertz CT molecular complexity index is 586. The molecule has 0 bridgehead atoms. The topological polar surface area (TPSA) is 32.8 Å². The third-order valence-electron chi connectivity index (χ3n) is 4.89. The maximum Gasteiger partial charge on any atom is 0.228 e. The molecule has 0 aliphatic carbocycles. The molecule has 0 spiro atoms. The number of amides is 1.